The van der Waals surface area contributed by atoms with Crippen molar-refractivity contribution in [3.8, 4) is 0 Å². The van der Waals surface area contributed by atoms with Gasteiger partial charge >= 0.3 is 5.97 Å². The van der Waals surface area contributed by atoms with E-state index >= 15 is 0 Å². The van der Waals surface area contributed by atoms with Gasteiger partial charge < -0.3 is 25.2 Å². The maximum atomic E-state index is 12.4. The fourth-order valence-electron chi connectivity index (χ4n) is 4.50. The minimum Gasteiger partial charge on any atom is -0.468 e. The highest BCUT2D eigenvalue weighted by atomic mass is 16.5. The number of aliphatic hydroxyl groups excluding tert-OH is 3. The van der Waals surface area contributed by atoms with Crippen molar-refractivity contribution in [2.24, 2.45) is 0 Å². The van der Waals surface area contributed by atoms with Gasteiger partial charge in [-0.1, -0.05) is 45.0 Å². The van der Waals surface area contributed by atoms with Gasteiger partial charge in [0, 0.05) is 19.0 Å². The summed E-state index contributed by atoms with van der Waals surface area (Å²) in [6.07, 6.45) is -4.17. The van der Waals surface area contributed by atoms with Gasteiger partial charge in [0.15, 0.2) is 0 Å². The van der Waals surface area contributed by atoms with Crippen molar-refractivity contribution >= 4 is 5.97 Å². The average molecular weight is 393 g/mol. The second kappa shape index (κ2) is 7.39. The molecular formula is C21H31NO6. The van der Waals surface area contributed by atoms with Gasteiger partial charge in [0.2, 0.25) is 0 Å². The number of hydrogen-bond acceptors (Lipinski definition) is 7. The second-order valence-corrected chi connectivity index (χ2v) is 9.11. The predicted octanol–water partition coefficient (Wildman–Crippen LogP) is 0.317. The Morgan fingerprint density at radius 2 is 1.82 bits per heavy atom. The van der Waals surface area contributed by atoms with Gasteiger partial charge in [-0.25, -0.2) is 0 Å². The smallest absolute Gasteiger partial charge is 0.323 e. The van der Waals surface area contributed by atoms with Crippen molar-refractivity contribution in [1.82, 2.24) is 4.90 Å². The van der Waals surface area contributed by atoms with Crippen molar-refractivity contribution in [2.75, 3.05) is 7.11 Å². The summed E-state index contributed by atoms with van der Waals surface area (Å²) in [4.78, 5) is 14.1. The van der Waals surface area contributed by atoms with Crippen molar-refractivity contribution in [1.29, 1.82) is 0 Å². The Morgan fingerprint density at radius 3 is 2.36 bits per heavy atom. The highest BCUT2D eigenvalue weighted by Crippen LogP contribution is 2.44. The highest BCUT2D eigenvalue weighted by Gasteiger charge is 2.62. The number of carbonyl (C=O) groups is 1. The molecule has 0 spiro atoms. The first-order valence-corrected chi connectivity index (χ1v) is 9.68. The SMILES string of the molecule is COC(=O)[C@@H]1C[C@@]2(O)[C@@H](O)[C@@H](O)[C@@H](O)C[C@H]2N1Cc1ccc(C(C)(C)C)cc1. The van der Waals surface area contributed by atoms with E-state index in [0.29, 0.717) is 6.54 Å². The molecular weight excluding hydrogens is 362 g/mol. The normalized spacial score (nSPS) is 36.2. The molecule has 1 saturated carbocycles. The van der Waals surface area contributed by atoms with Gasteiger partial charge in [0.1, 0.15) is 23.9 Å². The van der Waals surface area contributed by atoms with Crippen LogP contribution < -0.4 is 0 Å². The molecule has 4 N–H and O–H groups in total. The fourth-order valence-corrected chi connectivity index (χ4v) is 4.50. The summed E-state index contributed by atoms with van der Waals surface area (Å²) >= 11 is 0. The molecule has 2 aliphatic rings. The first-order chi connectivity index (χ1) is 13.0. The monoisotopic (exact) mass is 393 g/mol. The minimum absolute atomic E-state index is 0.0225. The van der Waals surface area contributed by atoms with Crippen LogP contribution in [0.15, 0.2) is 24.3 Å². The van der Waals surface area contributed by atoms with Crippen LogP contribution in [0, 0.1) is 0 Å². The molecule has 7 heteroatoms. The van der Waals surface area contributed by atoms with Gasteiger partial charge in [0.05, 0.1) is 13.2 Å². The molecule has 1 aliphatic heterocycles. The zero-order valence-corrected chi connectivity index (χ0v) is 16.9. The summed E-state index contributed by atoms with van der Waals surface area (Å²) in [7, 11) is 1.28. The number of methoxy groups -OCH3 is 1. The number of esters is 1. The summed E-state index contributed by atoms with van der Waals surface area (Å²) in [6.45, 7) is 6.75. The summed E-state index contributed by atoms with van der Waals surface area (Å²) in [6, 6.07) is 6.60. The van der Waals surface area contributed by atoms with Crippen LogP contribution in [0.4, 0.5) is 0 Å². The lowest BCUT2D eigenvalue weighted by atomic mass is 9.75. The third-order valence-corrected chi connectivity index (χ3v) is 6.25. The van der Waals surface area contributed by atoms with Gasteiger partial charge in [0.25, 0.3) is 0 Å². The zero-order chi connectivity index (χ0) is 20.9. The van der Waals surface area contributed by atoms with Crippen LogP contribution in [0.1, 0.15) is 44.7 Å². The third-order valence-electron chi connectivity index (χ3n) is 6.25. The number of likely N-dealkylation sites (tertiary alicyclic amines) is 1. The molecule has 6 atom stereocenters. The molecule has 0 radical (unpaired) electrons. The van der Waals surface area contributed by atoms with Crippen LogP contribution in [-0.4, -0.2) is 74.4 Å². The van der Waals surface area contributed by atoms with Crippen LogP contribution in [-0.2, 0) is 21.5 Å². The predicted molar refractivity (Wildman–Crippen MR) is 102 cm³/mol. The maximum absolute atomic E-state index is 12.4. The Kier molecular flexibility index (Phi) is 5.59. The van der Waals surface area contributed by atoms with E-state index in [9.17, 15) is 25.2 Å². The summed E-state index contributed by atoms with van der Waals surface area (Å²) in [5.41, 5.74) is 0.462. The molecule has 1 heterocycles. The number of fused-ring (bicyclic) bond motifs is 1. The number of hydrogen-bond donors (Lipinski definition) is 4. The van der Waals surface area contributed by atoms with Gasteiger partial charge in [-0.3, -0.25) is 9.69 Å². The number of aliphatic hydroxyl groups is 4. The first-order valence-electron chi connectivity index (χ1n) is 9.68. The first kappa shape index (κ1) is 21.2. The molecule has 0 amide bonds. The summed E-state index contributed by atoms with van der Waals surface area (Å²) in [5.74, 6) is -0.509. The Labute approximate surface area is 165 Å². The van der Waals surface area contributed by atoms with Gasteiger partial charge in [-0.05, 0) is 23.0 Å². The third kappa shape index (κ3) is 3.57. The maximum Gasteiger partial charge on any atom is 0.323 e. The molecule has 7 nitrogen and oxygen atoms in total. The highest BCUT2D eigenvalue weighted by molar-refractivity contribution is 5.76. The van der Waals surface area contributed by atoms with E-state index in [4.69, 9.17) is 4.74 Å². The Hall–Kier alpha value is -1.51. The number of benzene rings is 1. The van der Waals surface area contributed by atoms with Crippen molar-refractivity contribution in [2.45, 2.75) is 81.6 Å². The molecule has 0 unspecified atom stereocenters. The van der Waals surface area contributed by atoms with E-state index in [1.54, 1.807) is 4.90 Å². The second-order valence-electron chi connectivity index (χ2n) is 9.11. The lowest BCUT2D eigenvalue weighted by Gasteiger charge is -2.45. The molecule has 1 saturated heterocycles. The largest absolute Gasteiger partial charge is 0.468 e. The number of ether oxygens (including phenoxy) is 1. The van der Waals surface area contributed by atoms with Crippen molar-refractivity contribution < 1.29 is 30.0 Å². The number of carbonyl (C=O) groups excluding carboxylic acids is 1. The van der Waals surface area contributed by atoms with Crippen LogP contribution in [0.2, 0.25) is 0 Å². The molecule has 28 heavy (non-hydrogen) atoms. The lowest BCUT2D eigenvalue weighted by Crippen LogP contribution is -2.64. The molecule has 1 aliphatic carbocycles. The molecule has 1 aromatic rings. The van der Waals surface area contributed by atoms with Crippen LogP contribution in [0.25, 0.3) is 0 Å². The Balaban J connectivity index is 1.91. The van der Waals surface area contributed by atoms with Crippen LogP contribution in [0.5, 0.6) is 0 Å². The zero-order valence-electron chi connectivity index (χ0n) is 16.9. The van der Waals surface area contributed by atoms with Crippen molar-refractivity contribution in [3.63, 3.8) is 0 Å². The molecule has 156 valence electrons. The van der Waals surface area contributed by atoms with E-state index in [2.05, 4.69) is 20.8 Å². The van der Waals surface area contributed by atoms with E-state index < -0.39 is 42.0 Å². The van der Waals surface area contributed by atoms with Crippen LogP contribution >= 0.6 is 0 Å². The summed E-state index contributed by atoms with van der Waals surface area (Å²) < 4.78 is 4.91. The van der Waals surface area contributed by atoms with E-state index in [1.165, 1.54) is 12.7 Å². The van der Waals surface area contributed by atoms with E-state index in [-0.39, 0.29) is 18.3 Å². The summed E-state index contributed by atoms with van der Waals surface area (Å²) in [5, 5.41) is 41.7. The Morgan fingerprint density at radius 1 is 1.21 bits per heavy atom. The molecule has 0 aromatic heterocycles. The van der Waals surface area contributed by atoms with E-state index in [0.717, 1.165) is 5.56 Å². The van der Waals surface area contributed by atoms with Gasteiger partial charge in [-0.2, -0.15) is 0 Å². The lowest BCUT2D eigenvalue weighted by molar-refractivity contribution is -0.197. The molecule has 0 bridgehead atoms. The standard InChI is InChI=1S/C21H31NO6/c1-20(2,3)13-7-5-12(6-8-13)11-22-14(19(26)28-4)10-21(27)16(22)9-15(23)17(24)18(21)25/h5-8,14-18,23-25,27H,9-11H2,1-4H3/t14-,15-,16+,17-,18-,21-/m0/s1. The minimum atomic E-state index is -1.69. The molecule has 2 fully saturated rings. The quantitative estimate of drug-likeness (QED) is 0.547. The Bertz CT molecular complexity index is 715. The van der Waals surface area contributed by atoms with E-state index in [1.807, 2.05) is 24.3 Å². The average Bonchev–Trinajstić information content (AvgIpc) is 2.92. The molecule has 3 rings (SSSR count). The molecule has 1 aromatic carbocycles. The number of rotatable bonds is 3. The van der Waals surface area contributed by atoms with Crippen molar-refractivity contribution in [3.05, 3.63) is 35.4 Å². The topological polar surface area (TPSA) is 110 Å². The van der Waals surface area contributed by atoms with Crippen LogP contribution in [0.3, 0.4) is 0 Å². The fraction of sp³-hybridized carbons (Fsp3) is 0.667. The number of nitrogens with zero attached hydrogens (tertiary/aromatic N) is 1. The van der Waals surface area contributed by atoms with Gasteiger partial charge in [-0.15, -0.1) is 0 Å².